The summed E-state index contributed by atoms with van der Waals surface area (Å²) in [6.45, 7) is 6.73. The molecule has 0 spiro atoms. The van der Waals surface area contributed by atoms with Crippen LogP contribution in [0.25, 0.3) is 0 Å². The average molecular weight is 377 g/mol. The first-order valence-electron chi connectivity index (χ1n) is 9.36. The minimum atomic E-state index is -0.0731. The Morgan fingerprint density at radius 1 is 1.04 bits per heavy atom. The highest BCUT2D eigenvalue weighted by molar-refractivity contribution is 5.91. The smallest absolute Gasteiger partial charge is 0.289 e. The number of nitrogens with zero attached hydrogens (tertiary/aromatic N) is 4. The van der Waals surface area contributed by atoms with Gasteiger partial charge < -0.3 is 19.5 Å². The molecule has 0 bridgehead atoms. The lowest BCUT2D eigenvalue weighted by Gasteiger charge is -2.34. The number of benzene rings is 1. The maximum Gasteiger partial charge on any atom is 0.289 e. The van der Waals surface area contributed by atoms with Crippen LogP contribution in [0.4, 0.5) is 17.5 Å². The SMILES string of the molecule is Cc1cccc(C)c1Nc1ccnc(N2CCN(C(=O)c3ccco3)CC2)n1. The predicted octanol–water partition coefficient (Wildman–Crippen LogP) is 3.39. The Morgan fingerprint density at radius 3 is 2.46 bits per heavy atom. The van der Waals surface area contributed by atoms with Gasteiger partial charge in [-0.2, -0.15) is 4.98 Å². The van der Waals surface area contributed by atoms with E-state index in [1.54, 1.807) is 23.2 Å². The van der Waals surface area contributed by atoms with Gasteiger partial charge in [-0.25, -0.2) is 4.98 Å². The van der Waals surface area contributed by atoms with Crippen LogP contribution in [0.15, 0.2) is 53.3 Å². The van der Waals surface area contributed by atoms with Gasteiger partial charge in [0.05, 0.1) is 6.26 Å². The monoisotopic (exact) mass is 377 g/mol. The number of piperazine rings is 1. The van der Waals surface area contributed by atoms with Gasteiger partial charge in [-0.1, -0.05) is 18.2 Å². The summed E-state index contributed by atoms with van der Waals surface area (Å²) in [5, 5.41) is 3.41. The van der Waals surface area contributed by atoms with Crippen molar-refractivity contribution in [3.8, 4) is 0 Å². The van der Waals surface area contributed by atoms with Crippen molar-refractivity contribution in [3.63, 3.8) is 0 Å². The predicted molar refractivity (Wildman–Crippen MR) is 108 cm³/mol. The first kappa shape index (κ1) is 18.0. The molecule has 1 aliphatic rings. The van der Waals surface area contributed by atoms with Gasteiger partial charge in [0.1, 0.15) is 5.82 Å². The van der Waals surface area contributed by atoms with Gasteiger partial charge >= 0.3 is 0 Å². The Morgan fingerprint density at radius 2 is 1.79 bits per heavy atom. The molecule has 144 valence electrons. The van der Waals surface area contributed by atoms with E-state index in [0.29, 0.717) is 37.9 Å². The first-order valence-corrected chi connectivity index (χ1v) is 9.36. The van der Waals surface area contributed by atoms with E-state index in [9.17, 15) is 4.79 Å². The standard InChI is InChI=1S/C21H23N5O2/c1-15-5-3-6-16(2)19(15)23-18-8-9-22-21(24-18)26-12-10-25(11-13-26)20(27)17-7-4-14-28-17/h3-9,14H,10-13H2,1-2H3,(H,22,23,24). The zero-order valence-electron chi connectivity index (χ0n) is 16.1. The van der Waals surface area contributed by atoms with Gasteiger partial charge in [-0.3, -0.25) is 4.79 Å². The number of carbonyl (C=O) groups excluding carboxylic acids is 1. The number of aromatic nitrogens is 2. The third-order valence-electron chi connectivity index (χ3n) is 4.96. The maximum absolute atomic E-state index is 12.4. The number of para-hydroxylation sites is 1. The number of amides is 1. The molecule has 4 rings (SSSR count). The largest absolute Gasteiger partial charge is 0.459 e. The second kappa shape index (κ2) is 7.72. The topological polar surface area (TPSA) is 74.5 Å². The van der Waals surface area contributed by atoms with Crippen molar-refractivity contribution in [3.05, 3.63) is 65.7 Å². The lowest BCUT2D eigenvalue weighted by atomic mass is 10.1. The van der Waals surface area contributed by atoms with E-state index in [1.807, 2.05) is 12.1 Å². The summed E-state index contributed by atoms with van der Waals surface area (Å²) in [6.07, 6.45) is 3.28. The van der Waals surface area contributed by atoms with Gasteiger partial charge in [-0.15, -0.1) is 0 Å². The summed E-state index contributed by atoms with van der Waals surface area (Å²) in [5.74, 6) is 1.73. The lowest BCUT2D eigenvalue weighted by Crippen LogP contribution is -2.49. The summed E-state index contributed by atoms with van der Waals surface area (Å²) < 4.78 is 5.21. The number of hydrogen-bond acceptors (Lipinski definition) is 6. The highest BCUT2D eigenvalue weighted by Crippen LogP contribution is 2.24. The first-order chi connectivity index (χ1) is 13.6. The molecule has 0 saturated carbocycles. The minimum absolute atomic E-state index is 0.0731. The molecule has 0 unspecified atom stereocenters. The van der Waals surface area contributed by atoms with Crippen LogP contribution in [0, 0.1) is 13.8 Å². The zero-order chi connectivity index (χ0) is 19.5. The number of nitrogens with one attached hydrogen (secondary N) is 1. The van der Waals surface area contributed by atoms with Crippen LogP contribution in [0.5, 0.6) is 0 Å². The van der Waals surface area contributed by atoms with Crippen molar-refractivity contribution in [2.45, 2.75) is 13.8 Å². The molecule has 1 aromatic carbocycles. The Balaban J connectivity index is 1.43. The minimum Gasteiger partial charge on any atom is -0.459 e. The molecule has 1 amide bonds. The fourth-order valence-electron chi connectivity index (χ4n) is 3.38. The molecule has 28 heavy (non-hydrogen) atoms. The molecule has 1 N–H and O–H groups in total. The van der Waals surface area contributed by atoms with E-state index in [1.165, 1.54) is 17.4 Å². The fourth-order valence-corrected chi connectivity index (χ4v) is 3.38. The number of anilines is 3. The van der Waals surface area contributed by atoms with Crippen molar-refractivity contribution >= 4 is 23.4 Å². The van der Waals surface area contributed by atoms with Gasteiger partial charge in [0, 0.05) is 38.1 Å². The molecule has 7 heteroatoms. The number of aryl methyl sites for hydroxylation is 2. The molecule has 1 fully saturated rings. The Kier molecular flexibility index (Phi) is 4.97. The van der Waals surface area contributed by atoms with Crippen molar-refractivity contribution < 1.29 is 9.21 Å². The van der Waals surface area contributed by atoms with Crippen molar-refractivity contribution in [1.29, 1.82) is 0 Å². The highest BCUT2D eigenvalue weighted by atomic mass is 16.3. The molecule has 3 aromatic rings. The van der Waals surface area contributed by atoms with Crippen molar-refractivity contribution in [1.82, 2.24) is 14.9 Å². The van der Waals surface area contributed by atoms with E-state index in [-0.39, 0.29) is 5.91 Å². The second-order valence-electron chi connectivity index (χ2n) is 6.89. The summed E-state index contributed by atoms with van der Waals surface area (Å²) in [5.41, 5.74) is 3.41. The Bertz CT molecular complexity index is 942. The third-order valence-corrected chi connectivity index (χ3v) is 4.96. The van der Waals surface area contributed by atoms with Crippen LogP contribution in [-0.4, -0.2) is 47.0 Å². The summed E-state index contributed by atoms with van der Waals surface area (Å²) in [6, 6.07) is 11.5. The number of furan rings is 1. The zero-order valence-corrected chi connectivity index (χ0v) is 16.1. The van der Waals surface area contributed by atoms with Crippen LogP contribution < -0.4 is 10.2 Å². The third kappa shape index (κ3) is 3.69. The van der Waals surface area contributed by atoms with Crippen LogP contribution in [0.1, 0.15) is 21.7 Å². The van der Waals surface area contributed by atoms with E-state index < -0.39 is 0 Å². The molecular weight excluding hydrogens is 354 g/mol. The summed E-state index contributed by atoms with van der Waals surface area (Å²) in [7, 11) is 0. The van der Waals surface area contributed by atoms with E-state index in [0.717, 1.165) is 11.5 Å². The summed E-state index contributed by atoms with van der Waals surface area (Å²) >= 11 is 0. The quantitative estimate of drug-likeness (QED) is 0.751. The van der Waals surface area contributed by atoms with E-state index in [2.05, 4.69) is 46.2 Å². The molecule has 7 nitrogen and oxygen atoms in total. The Labute approximate surface area is 164 Å². The van der Waals surface area contributed by atoms with Crippen LogP contribution in [-0.2, 0) is 0 Å². The average Bonchev–Trinajstić information content (AvgIpc) is 3.26. The molecule has 0 radical (unpaired) electrons. The Hall–Kier alpha value is -3.35. The molecule has 0 aliphatic carbocycles. The van der Waals surface area contributed by atoms with Gasteiger partial charge in [0.25, 0.3) is 5.91 Å². The molecule has 1 saturated heterocycles. The van der Waals surface area contributed by atoms with Gasteiger partial charge in [0.2, 0.25) is 5.95 Å². The van der Waals surface area contributed by atoms with Gasteiger partial charge in [-0.05, 0) is 43.2 Å². The van der Waals surface area contributed by atoms with Crippen LogP contribution >= 0.6 is 0 Å². The number of carbonyl (C=O) groups is 1. The fraction of sp³-hybridized carbons (Fsp3) is 0.286. The van der Waals surface area contributed by atoms with Crippen molar-refractivity contribution in [2.75, 3.05) is 36.4 Å². The lowest BCUT2D eigenvalue weighted by molar-refractivity contribution is 0.0714. The molecular formula is C21H23N5O2. The second-order valence-corrected chi connectivity index (χ2v) is 6.89. The van der Waals surface area contributed by atoms with E-state index in [4.69, 9.17) is 4.42 Å². The maximum atomic E-state index is 12.4. The molecule has 2 aromatic heterocycles. The molecule has 3 heterocycles. The number of rotatable bonds is 4. The summed E-state index contributed by atoms with van der Waals surface area (Å²) in [4.78, 5) is 25.4. The molecule has 1 aliphatic heterocycles. The normalized spacial score (nSPS) is 14.2. The highest BCUT2D eigenvalue weighted by Gasteiger charge is 2.25. The number of hydrogen-bond donors (Lipinski definition) is 1. The van der Waals surface area contributed by atoms with Crippen molar-refractivity contribution in [2.24, 2.45) is 0 Å². The molecule has 0 atom stereocenters. The van der Waals surface area contributed by atoms with Crippen LogP contribution in [0.3, 0.4) is 0 Å². The van der Waals surface area contributed by atoms with Gasteiger partial charge in [0.15, 0.2) is 5.76 Å². The van der Waals surface area contributed by atoms with E-state index >= 15 is 0 Å². The van der Waals surface area contributed by atoms with Crippen LogP contribution in [0.2, 0.25) is 0 Å².